The van der Waals surface area contributed by atoms with Gasteiger partial charge in [-0.25, -0.2) is 0 Å². The number of amides is 2. The van der Waals surface area contributed by atoms with Gasteiger partial charge >= 0.3 is 0 Å². The Kier molecular flexibility index (Phi) is 9.03. The van der Waals surface area contributed by atoms with E-state index in [1.807, 2.05) is 21.1 Å². The summed E-state index contributed by atoms with van der Waals surface area (Å²) in [5.41, 5.74) is 0. The quantitative estimate of drug-likeness (QED) is 0.385. The Hall–Kier alpha value is -1.18. The second-order valence-corrected chi connectivity index (χ2v) is 5.84. The second-order valence-electron chi connectivity index (χ2n) is 5.84. The zero-order valence-electron chi connectivity index (χ0n) is 14.1. The van der Waals surface area contributed by atoms with Gasteiger partial charge in [0, 0.05) is 13.1 Å². The molecule has 1 aliphatic heterocycles. The minimum atomic E-state index is -0.452. The minimum Gasteiger partial charge on any atom is -0.353 e. The molecule has 0 unspecified atom stereocenters. The Balaban J connectivity index is 2.52. The van der Waals surface area contributed by atoms with E-state index in [1.54, 1.807) is 0 Å². The van der Waals surface area contributed by atoms with Gasteiger partial charge in [0.15, 0.2) is 0 Å². The molecule has 0 radical (unpaired) electrons. The molecule has 2 amide bonds. The fraction of sp³-hybridized carbons (Fsp3) is 0.867. The van der Waals surface area contributed by atoms with Crippen LogP contribution in [0.4, 0.5) is 0 Å². The molecule has 7 nitrogen and oxygen atoms in total. The van der Waals surface area contributed by atoms with Crippen LogP contribution in [0.15, 0.2) is 0 Å². The van der Waals surface area contributed by atoms with Crippen LogP contribution in [0.1, 0.15) is 25.7 Å². The summed E-state index contributed by atoms with van der Waals surface area (Å²) >= 11 is 0. The van der Waals surface area contributed by atoms with Crippen LogP contribution in [0.3, 0.4) is 0 Å². The van der Waals surface area contributed by atoms with Gasteiger partial charge in [-0.1, -0.05) is 0 Å². The highest BCUT2D eigenvalue weighted by atomic mass is 16.2. The SMILES string of the molecule is CNCCC[C@H](NC(=O)[C@@H]1CCCN1C)C(=O)NCCNC. The molecular weight excluding hydrogens is 282 g/mol. The third-order valence-electron chi connectivity index (χ3n) is 4.05. The highest BCUT2D eigenvalue weighted by Crippen LogP contribution is 2.15. The number of carbonyl (C=O) groups excluding carboxylic acids is 2. The Labute approximate surface area is 133 Å². The fourth-order valence-corrected chi connectivity index (χ4v) is 2.70. The zero-order valence-corrected chi connectivity index (χ0v) is 14.1. The van der Waals surface area contributed by atoms with Gasteiger partial charge in [0.1, 0.15) is 6.04 Å². The highest BCUT2D eigenvalue weighted by molar-refractivity contribution is 5.89. The lowest BCUT2D eigenvalue weighted by Gasteiger charge is -2.23. The fourth-order valence-electron chi connectivity index (χ4n) is 2.70. The number of hydrogen-bond acceptors (Lipinski definition) is 5. The van der Waals surface area contributed by atoms with E-state index in [2.05, 4.69) is 26.2 Å². The van der Waals surface area contributed by atoms with Crippen LogP contribution in [-0.4, -0.2) is 76.1 Å². The predicted molar refractivity (Wildman–Crippen MR) is 87.7 cm³/mol. The summed E-state index contributed by atoms with van der Waals surface area (Å²) in [5, 5.41) is 11.9. The minimum absolute atomic E-state index is 0.0294. The Morgan fingerprint density at radius 3 is 2.50 bits per heavy atom. The molecule has 7 heteroatoms. The summed E-state index contributed by atoms with van der Waals surface area (Å²) in [6.07, 6.45) is 3.40. The summed E-state index contributed by atoms with van der Waals surface area (Å²) in [7, 11) is 5.68. The van der Waals surface area contributed by atoms with Crippen LogP contribution < -0.4 is 21.3 Å². The third-order valence-corrected chi connectivity index (χ3v) is 4.05. The molecule has 4 N–H and O–H groups in total. The number of likely N-dealkylation sites (N-methyl/N-ethyl adjacent to an activating group) is 2. The summed E-state index contributed by atoms with van der Waals surface area (Å²) in [6, 6.07) is -0.552. The van der Waals surface area contributed by atoms with Crippen molar-refractivity contribution >= 4 is 11.8 Å². The molecular formula is C15H31N5O2. The standard InChI is InChI=1S/C15H31N5O2/c1-16-8-4-6-12(14(21)18-10-9-17-2)19-15(22)13-7-5-11-20(13)3/h12-13,16-17H,4-11H2,1-3H3,(H,18,21)(H,19,22)/t12-,13-/m0/s1. The first-order valence-corrected chi connectivity index (χ1v) is 8.17. The van der Waals surface area contributed by atoms with Crippen molar-refractivity contribution in [2.75, 3.05) is 47.3 Å². The van der Waals surface area contributed by atoms with Gasteiger partial charge in [0.25, 0.3) is 0 Å². The maximum absolute atomic E-state index is 12.4. The molecule has 0 spiro atoms. The van der Waals surface area contributed by atoms with Crippen LogP contribution in [0, 0.1) is 0 Å². The molecule has 0 aliphatic carbocycles. The van der Waals surface area contributed by atoms with Crippen LogP contribution >= 0.6 is 0 Å². The number of carbonyl (C=O) groups is 2. The average Bonchev–Trinajstić information content (AvgIpc) is 2.92. The van der Waals surface area contributed by atoms with Crippen molar-refractivity contribution in [3.63, 3.8) is 0 Å². The van der Waals surface area contributed by atoms with Crippen molar-refractivity contribution in [3.05, 3.63) is 0 Å². The summed E-state index contributed by atoms with van der Waals surface area (Å²) in [6.45, 7) is 3.06. The monoisotopic (exact) mass is 313 g/mol. The normalized spacial score (nSPS) is 19.9. The average molecular weight is 313 g/mol. The van der Waals surface area contributed by atoms with Crippen molar-refractivity contribution in [2.24, 2.45) is 0 Å². The van der Waals surface area contributed by atoms with Gasteiger partial charge in [-0.2, -0.15) is 0 Å². The van der Waals surface area contributed by atoms with E-state index in [1.165, 1.54) is 0 Å². The zero-order chi connectivity index (χ0) is 16.4. The van der Waals surface area contributed by atoms with E-state index >= 15 is 0 Å². The largest absolute Gasteiger partial charge is 0.353 e. The van der Waals surface area contributed by atoms with E-state index in [4.69, 9.17) is 0 Å². The van der Waals surface area contributed by atoms with Gasteiger partial charge in [-0.15, -0.1) is 0 Å². The van der Waals surface area contributed by atoms with Gasteiger partial charge in [0.05, 0.1) is 6.04 Å². The predicted octanol–water partition coefficient (Wildman–Crippen LogP) is -1.10. The molecule has 0 bridgehead atoms. The van der Waals surface area contributed by atoms with Crippen molar-refractivity contribution in [3.8, 4) is 0 Å². The van der Waals surface area contributed by atoms with Gasteiger partial charge < -0.3 is 21.3 Å². The summed E-state index contributed by atoms with van der Waals surface area (Å²) in [4.78, 5) is 26.7. The smallest absolute Gasteiger partial charge is 0.242 e. The highest BCUT2D eigenvalue weighted by Gasteiger charge is 2.30. The molecule has 1 heterocycles. The van der Waals surface area contributed by atoms with Crippen LogP contribution in [0.5, 0.6) is 0 Å². The summed E-state index contributed by atoms with van der Waals surface area (Å²) < 4.78 is 0. The third kappa shape index (κ3) is 6.29. The molecule has 1 fully saturated rings. The molecule has 1 rings (SSSR count). The molecule has 22 heavy (non-hydrogen) atoms. The molecule has 128 valence electrons. The maximum atomic E-state index is 12.4. The Morgan fingerprint density at radius 1 is 1.18 bits per heavy atom. The molecule has 1 saturated heterocycles. The summed E-state index contributed by atoms with van der Waals surface area (Å²) in [5.74, 6) is -0.126. The van der Waals surface area contributed by atoms with E-state index in [9.17, 15) is 9.59 Å². The lowest BCUT2D eigenvalue weighted by molar-refractivity contribution is -0.131. The first kappa shape index (κ1) is 18.9. The van der Waals surface area contributed by atoms with Crippen LogP contribution in [0.25, 0.3) is 0 Å². The Bertz CT molecular complexity index is 351. The molecule has 2 atom stereocenters. The van der Waals surface area contributed by atoms with E-state index in [0.29, 0.717) is 19.5 Å². The lowest BCUT2D eigenvalue weighted by atomic mass is 10.1. The number of nitrogens with zero attached hydrogens (tertiary/aromatic N) is 1. The first-order valence-electron chi connectivity index (χ1n) is 8.17. The maximum Gasteiger partial charge on any atom is 0.242 e. The second kappa shape index (κ2) is 10.5. The molecule has 0 aromatic carbocycles. The first-order chi connectivity index (χ1) is 10.6. The number of hydrogen-bond donors (Lipinski definition) is 4. The van der Waals surface area contributed by atoms with Gasteiger partial charge in [-0.3, -0.25) is 14.5 Å². The molecule has 0 aromatic heterocycles. The molecule has 1 aliphatic rings. The molecule has 0 aromatic rings. The molecule has 0 saturated carbocycles. The lowest BCUT2D eigenvalue weighted by Crippen LogP contribution is -2.52. The van der Waals surface area contributed by atoms with Crippen LogP contribution in [-0.2, 0) is 9.59 Å². The van der Waals surface area contributed by atoms with Crippen molar-refractivity contribution in [1.82, 2.24) is 26.2 Å². The van der Waals surface area contributed by atoms with E-state index < -0.39 is 6.04 Å². The van der Waals surface area contributed by atoms with Crippen LogP contribution in [0.2, 0.25) is 0 Å². The van der Waals surface area contributed by atoms with Gasteiger partial charge in [0.2, 0.25) is 11.8 Å². The number of nitrogens with one attached hydrogen (secondary N) is 4. The number of likely N-dealkylation sites (tertiary alicyclic amines) is 1. The van der Waals surface area contributed by atoms with Crippen molar-refractivity contribution in [2.45, 2.75) is 37.8 Å². The van der Waals surface area contributed by atoms with Crippen molar-refractivity contribution < 1.29 is 9.59 Å². The van der Waals surface area contributed by atoms with E-state index in [-0.39, 0.29) is 17.9 Å². The topological polar surface area (TPSA) is 85.5 Å². The van der Waals surface area contributed by atoms with E-state index in [0.717, 1.165) is 32.4 Å². The van der Waals surface area contributed by atoms with Gasteiger partial charge in [-0.05, 0) is 59.9 Å². The van der Waals surface area contributed by atoms with Crippen molar-refractivity contribution in [1.29, 1.82) is 0 Å². The Morgan fingerprint density at radius 2 is 1.91 bits per heavy atom. The number of rotatable bonds is 10.